The maximum atomic E-state index is 11.6. The smallest absolute Gasteiger partial charge is 0.156 e. The van der Waals surface area contributed by atoms with Crippen LogP contribution in [0.15, 0.2) is 23.8 Å². The minimum Gasteiger partial charge on any atom is -0.394 e. The molecule has 20 heavy (non-hydrogen) atoms. The minimum absolute atomic E-state index is 0.00241. The zero-order valence-electron chi connectivity index (χ0n) is 12.3. The summed E-state index contributed by atoms with van der Waals surface area (Å²) in [6.45, 7) is 5.46. The summed E-state index contributed by atoms with van der Waals surface area (Å²) in [5.74, 6) is -0.00241. The van der Waals surface area contributed by atoms with Crippen molar-refractivity contribution in [2.75, 3.05) is 19.8 Å². The lowest BCUT2D eigenvalue weighted by molar-refractivity contribution is -0.121. The Morgan fingerprint density at radius 1 is 1.50 bits per heavy atom. The molecule has 0 radical (unpaired) electrons. The molecule has 0 spiro atoms. The van der Waals surface area contributed by atoms with Gasteiger partial charge in [0, 0.05) is 11.8 Å². The number of hydrogen-bond donors (Lipinski definition) is 3. The van der Waals surface area contributed by atoms with E-state index in [9.17, 15) is 15.0 Å². The molecule has 0 aliphatic heterocycles. The van der Waals surface area contributed by atoms with Crippen molar-refractivity contribution >= 4 is 5.78 Å². The number of ether oxygens (including phenoxy) is 1. The van der Waals surface area contributed by atoms with Crippen LogP contribution in [-0.4, -0.2) is 52.6 Å². The average Bonchev–Trinajstić information content (AvgIpc) is 2.33. The van der Waals surface area contributed by atoms with Crippen molar-refractivity contribution in [3.8, 4) is 0 Å². The molecule has 0 bridgehead atoms. The van der Waals surface area contributed by atoms with Crippen LogP contribution in [0.3, 0.4) is 0 Å². The second kappa shape index (κ2) is 6.63. The molecule has 1 aliphatic carbocycles. The number of aliphatic hydroxyl groups is 3. The van der Waals surface area contributed by atoms with E-state index >= 15 is 0 Å². The molecule has 0 aromatic heterocycles. The lowest BCUT2D eigenvalue weighted by Crippen LogP contribution is -2.48. The monoisotopic (exact) mass is 284 g/mol. The quantitative estimate of drug-likeness (QED) is 0.491. The Morgan fingerprint density at radius 3 is 2.70 bits per heavy atom. The zero-order chi connectivity index (χ0) is 15.4. The second-order valence-corrected chi connectivity index (χ2v) is 5.85. The maximum Gasteiger partial charge on any atom is 0.156 e. The number of hydrogen-bond acceptors (Lipinski definition) is 5. The van der Waals surface area contributed by atoms with Crippen molar-refractivity contribution in [3.05, 3.63) is 23.8 Å². The molecular weight excluding hydrogens is 260 g/mol. The van der Waals surface area contributed by atoms with Crippen molar-refractivity contribution < 1.29 is 24.9 Å². The molecule has 114 valence electrons. The summed E-state index contributed by atoms with van der Waals surface area (Å²) < 4.78 is 5.01. The van der Waals surface area contributed by atoms with Crippen LogP contribution < -0.4 is 0 Å². The lowest BCUT2D eigenvalue weighted by atomic mass is 9.64. The van der Waals surface area contributed by atoms with E-state index in [0.717, 1.165) is 0 Å². The molecule has 0 fully saturated rings. The molecule has 5 heteroatoms. The fraction of sp³-hybridized carbons (Fsp3) is 0.667. The van der Waals surface area contributed by atoms with E-state index in [1.807, 2.05) is 13.8 Å². The minimum atomic E-state index is -1.27. The van der Waals surface area contributed by atoms with Gasteiger partial charge in [0.2, 0.25) is 0 Å². The molecule has 5 nitrogen and oxygen atoms in total. The third-order valence-corrected chi connectivity index (χ3v) is 3.71. The first-order valence-electron chi connectivity index (χ1n) is 6.73. The van der Waals surface area contributed by atoms with Crippen LogP contribution in [0.1, 0.15) is 27.2 Å². The summed E-state index contributed by atoms with van der Waals surface area (Å²) in [6, 6.07) is 0. The summed E-state index contributed by atoms with van der Waals surface area (Å²) in [6.07, 6.45) is 3.82. The van der Waals surface area contributed by atoms with Gasteiger partial charge in [-0.2, -0.15) is 0 Å². The summed E-state index contributed by atoms with van der Waals surface area (Å²) in [4.78, 5) is 11.6. The Kier molecular flexibility index (Phi) is 5.65. The van der Waals surface area contributed by atoms with Crippen molar-refractivity contribution in [3.63, 3.8) is 0 Å². The molecule has 1 rings (SSSR count). The predicted octanol–water partition coefficient (Wildman–Crippen LogP) is 0.589. The summed E-state index contributed by atoms with van der Waals surface area (Å²) in [7, 11) is 0. The van der Waals surface area contributed by atoms with Crippen molar-refractivity contribution in [1.82, 2.24) is 0 Å². The Bertz CT molecular complexity index is 410. The van der Waals surface area contributed by atoms with Crippen LogP contribution in [0.5, 0.6) is 0 Å². The standard InChI is InChI=1S/C15H24O5/c1-11-8-13(18)9-14(2,3)15(11,19)5-4-12(17)10-20-7-6-16/h4-5,8,12,16-17,19H,6-7,9-10H2,1-3H3/t12-,15+/m0/s1. The maximum absolute atomic E-state index is 11.6. The topological polar surface area (TPSA) is 87.0 Å². The molecule has 0 aromatic rings. The van der Waals surface area contributed by atoms with Crippen LogP contribution in [0, 0.1) is 5.41 Å². The van der Waals surface area contributed by atoms with Gasteiger partial charge in [-0.1, -0.05) is 19.9 Å². The predicted molar refractivity (Wildman–Crippen MR) is 75.2 cm³/mol. The molecule has 2 atom stereocenters. The zero-order valence-corrected chi connectivity index (χ0v) is 12.3. The first-order valence-corrected chi connectivity index (χ1v) is 6.73. The number of aliphatic hydroxyl groups excluding tert-OH is 2. The van der Waals surface area contributed by atoms with Gasteiger partial charge in [0.25, 0.3) is 0 Å². The number of carbonyl (C=O) groups is 1. The fourth-order valence-electron chi connectivity index (χ4n) is 2.44. The van der Waals surface area contributed by atoms with Crippen LogP contribution in [0.2, 0.25) is 0 Å². The van der Waals surface area contributed by atoms with Crippen LogP contribution in [-0.2, 0) is 9.53 Å². The SMILES string of the molecule is CC1=CC(=O)CC(C)(C)[C@@]1(O)C=C[C@H](O)COCCO. The average molecular weight is 284 g/mol. The summed E-state index contributed by atoms with van der Waals surface area (Å²) in [5.41, 5.74) is -1.33. The molecule has 0 saturated carbocycles. The highest BCUT2D eigenvalue weighted by Crippen LogP contribution is 2.44. The Morgan fingerprint density at radius 2 is 2.15 bits per heavy atom. The molecular formula is C15H24O5. The lowest BCUT2D eigenvalue weighted by Gasteiger charge is -2.44. The molecule has 0 saturated heterocycles. The van der Waals surface area contributed by atoms with Crippen LogP contribution >= 0.6 is 0 Å². The molecule has 0 heterocycles. The summed E-state index contributed by atoms with van der Waals surface area (Å²) >= 11 is 0. The molecule has 1 aliphatic rings. The number of carbonyl (C=O) groups excluding carboxylic acids is 1. The van der Waals surface area contributed by atoms with Gasteiger partial charge in [-0.25, -0.2) is 0 Å². The van der Waals surface area contributed by atoms with Crippen LogP contribution in [0.4, 0.5) is 0 Å². The highest BCUT2D eigenvalue weighted by molar-refractivity contribution is 5.92. The number of rotatable bonds is 6. The van der Waals surface area contributed by atoms with Gasteiger partial charge in [-0.3, -0.25) is 4.79 Å². The molecule has 0 aromatic carbocycles. The fourth-order valence-corrected chi connectivity index (χ4v) is 2.44. The van der Waals surface area contributed by atoms with Crippen molar-refractivity contribution in [2.45, 2.75) is 38.9 Å². The van der Waals surface area contributed by atoms with Gasteiger partial charge in [-0.05, 0) is 24.6 Å². The second-order valence-electron chi connectivity index (χ2n) is 5.85. The molecule has 0 unspecified atom stereocenters. The van der Waals surface area contributed by atoms with Gasteiger partial charge in [0.15, 0.2) is 5.78 Å². The Labute approximate surface area is 119 Å². The van der Waals surface area contributed by atoms with E-state index in [4.69, 9.17) is 9.84 Å². The highest BCUT2D eigenvalue weighted by atomic mass is 16.5. The van der Waals surface area contributed by atoms with Gasteiger partial charge < -0.3 is 20.1 Å². The normalized spacial score (nSPS) is 27.7. The van der Waals surface area contributed by atoms with Gasteiger partial charge in [0.1, 0.15) is 5.60 Å². The van der Waals surface area contributed by atoms with Crippen molar-refractivity contribution in [2.24, 2.45) is 5.41 Å². The third kappa shape index (κ3) is 3.76. The first-order chi connectivity index (χ1) is 9.23. The van der Waals surface area contributed by atoms with E-state index in [2.05, 4.69) is 0 Å². The highest BCUT2D eigenvalue weighted by Gasteiger charge is 2.46. The van der Waals surface area contributed by atoms with E-state index in [0.29, 0.717) is 5.57 Å². The van der Waals surface area contributed by atoms with E-state index in [1.165, 1.54) is 18.2 Å². The summed E-state index contributed by atoms with van der Waals surface area (Å²) in [5, 5.41) is 29.1. The largest absolute Gasteiger partial charge is 0.394 e. The Balaban J connectivity index is 2.81. The Hall–Kier alpha value is -1.01. The third-order valence-electron chi connectivity index (χ3n) is 3.71. The van der Waals surface area contributed by atoms with E-state index < -0.39 is 17.1 Å². The first kappa shape index (κ1) is 17.0. The van der Waals surface area contributed by atoms with Crippen LogP contribution in [0.25, 0.3) is 0 Å². The number of ketones is 1. The number of allylic oxidation sites excluding steroid dienone is 1. The van der Waals surface area contributed by atoms with Gasteiger partial charge in [0.05, 0.1) is 25.9 Å². The van der Waals surface area contributed by atoms with Gasteiger partial charge in [-0.15, -0.1) is 0 Å². The van der Waals surface area contributed by atoms with Crippen molar-refractivity contribution in [1.29, 1.82) is 0 Å². The van der Waals surface area contributed by atoms with E-state index in [1.54, 1.807) is 6.92 Å². The molecule has 3 N–H and O–H groups in total. The van der Waals surface area contributed by atoms with E-state index in [-0.39, 0.29) is 32.0 Å². The van der Waals surface area contributed by atoms with Gasteiger partial charge >= 0.3 is 0 Å². The molecule has 0 amide bonds.